The molecule has 10 heteroatoms. The van der Waals surface area contributed by atoms with Crippen molar-refractivity contribution in [3.8, 4) is 11.5 Å². The number of fused-ring (bicyclic) bond motifs is 2. The highest BCUT2D eigenvalue weighted by Gasteiger charge is 2.29. The van der Waals surface area contributed by atoms with E-state index in [1.165, 1.54) is 17.4 Å². The molecule has 1 aromatic heterocycles. The Bertz CT molecular complexity index is 1240. The van der Waals surface area contributed by atoms with Gasteiger partial charge in [0.25, 0.3) is 5.69 Å². The summed E-state index contributed by atoms with van der Waals surface area (Å²) in [6.07, 6.45) is 0.712. The quantitative estimate of drug-likeness (QED) is 0.451. The van der Waals surface area contributed by atoms with Crippen molar-refractivity contribution in [2.75, 3.05) is 11.8 Å². The first-order chi connectivity index (χ1) is 14.9. The van der Waals surface area contributed by atoms with E-state index in [0.717, 1.165) is 21.7 Å². The number of rotatable bonds is 3. The molecule has 0 N–H and O–H groups in total. The fourth-order valence-corrected chi connectivity index (χ4v) is 4.61. The van der Waals surface area contributed by atoms with Crippen LogP contribution < -0.4 is 14.5 Å². The summed E-state index contributed by atoms with van der Waals surface area (Å²) in [5.41, 5.74) is 4.10. The molecule has 0 radical (unpaired) electrons. The molecule has 0 aliphatic carbocycles. The van der Waals surface area contributed by atoms with Gasteiger partial charge in [0.05, 0.1) is 16.7 Å². The first-order valence-corrected chi connectivity index (χ1v) is 10.6. The lowest BCUT2D eigenvalue weighted by molar-refractivity contribution is -0.385. The van der Waals surface area contributed by atoms with E-state index in [9.17, 15) is 10.1 Å². The summed E-state index contributed by atoms with van der Waals surface area (Å²) < 4.78 is 11.2. The molecule has 0 amide bonds. The second kappa shape index (κ2) is 7.31. The maximum absolute atomic E-state index is 11.3. The van der Waals surface area contributed by atoms with Gasteiger partial charge in [-0.05, 0) is 57.0 Å². The summed E-state index contributed by atoms with van der Waals surface area (Å²) in [5.74, 6) is 1.38. The second-order valence-electron chi connectivity index (χ2n) is 7.57. The van der Waals surface area contributed by atoms with Crippen LogP contribution in [0.2, 0.25) is 0 Å². The van der Waals surface area contributed by atoms with E-state index in [1.807, 2.05) is 24.1 Å². The summed E-state index contributed by atoms with van der Waals surface area (Å²) in [6.45, 7) is 5.90. The minimum absolute atomic E-state index is 0.0168. The Morgan fingerprint density at radius 1 is 1.16 bits per heavy atom. The van der Waals surface area contributed by atoms with Gasteiger partial charge >= 0.3 is 0 Å². The smallest absolute Gasteiger partial charge is 0.272 e. The Kier molecular flexibility index (Phi) is 4.58. The predicted molar refractivity (Wildman–Crippen MR) is 116 cm³/mol. The molecule has 3 aromatic rings. The standard InChI is InChI=1S/C21H19N5O4S/c1-11-6-14(4-5-17(11)26(27)28)20-16-9-19-18(29-10-30-19)8-15(16)7-12(2)25(24-20)21-23-22-13(3)31-21/h4-6,8-9,12H,7,10H2,1-3H3. The highest BCUT2D eigenvalue weighted by atomic mass is 32.1. The molecule has 0 saturated carbocycles. The third-order valence-electron chi connectivity index (χ3n) is 5.37. The summed E-state index contributed by atoms with van der Waals surface area (Å²) in [4.78, 5) is 10.9. The van der Waals surface area contributed by atoms with Gasteiger partial charge in [0.15, 0.2) is 11.5 Å². The van der Waals surface area contributed by atoms with Crippen molar-refractivity contribution in [2.45, 2.75) is 33.2 Å². The van der Waals surface area contributed by atoms with Crippen LogP contribution in [0.15, 0.2) is 35.4 Å². The monoisotopic (exact) mass is 437 g/mol. The number of aromatic nitrogens is 2. The van der Waals surface area contributed by atoms with E-state index >= 15 is 0 Å². The molecule has 9 nitrogen and oxygen atoms in total. The molecule has 2 aromatic carbocycles. The summed E-state index contributed by atoms with van der Waals surface area (Å²) in [5, 5.41) is 28.1. The van der Waals surface area contributed by atoms with Crippen LogP contribution in [0, 0.1) is 24.0 Å². The van der Waals surface area contributed by atoms with Crippen LogP contribution in [0.1, 0.15) is 34.2 Å². The van der Waals surface area contributed by atoms with Crippen molar-refractivity contribution in [2.24, 2.45) is 5.10 Å². The molecule has 5 rings (SSSR count). The topological polar surface area (TPSA) is 103 Å². The van der Waals surface area contributed by atoms with E-state index in [2.05, 4.69) is 17.1 Å². The Labute approximate surface area is 182 Å². The molecule has 1 unspecified atom stereocenters. The number of nitrogens with zero attached hydrogens (tertiary/aromatic N) is 5. The molecule has 3 heterocycles. The normalized spacial score (nSPS) is 17.2. The molecule has 1 atom stereocenters. The zero-order chi connectivity index (χ0) is 21.7. The third kappa shape index (κ3) is 3.38. The first kappa shape index (κ1) is 19.4. The molecule has 0 saturated heterocycles. The molecule has 0 spiro atoms. The fourth-order valence-electron chi connectivity index (χ4n) is 3.87. The van der Waals surface area contributed by atoms with Crippen molar-refractivity contribution >= 4 is 27.9 Å². The number of hydrogen-bond acceptors (Lipinski definition) is 9. The number of nitro groups is 1. The van der Waals surface area contributed by atoms with Gasteiger partial charge < -0.3 is 9.47 Å². The van der Waals surface area contributed by atoms with E-state index in [0.29, 0.717) is 34.3 Å². The zero-order valence-electron chi connectivity index (χ0n) is 17.2. The Hall–Kier alpha value is -3.53. The average Bonchev–Trinajstić information content (AvgIpc) is 3.33. The summed E-state index contributed by atoms with van der Waals surface area (Å²) in [7, 11) is 0. The summed E-state index contributed by atoms with van der Waals surface area (Å²) >= 11 is 1.47. The van der Waals surface area contributed by atoms with Gasteiger partial charge in [0, 0.05) is 22.8 Å². The number of anilines is 1. The number of benzene rings is 2. The molecule has 2 aliphatic rings. The van der Waals surface area contributed by atoms with Gasteiger partial charge in [-0.15, -0.1) is 10.2 Å². The fraction of sp³-hybridized carbons (Fsp3) is 0.286. The minimum atomic E-state index is -0.377. The minimum Gasteiger partial charge on any atom is -0.454 e. The predicted octanol–water partition coefficient (Wildman–Crippen LogP) is 4.00. The Balaban J connectivity index is 1.71. The van der Waals surface area contributed by atoms with Gasteiger partial charge in [-0.1, -0.05) is 11.3 Å². The molecular formula is C21H19N5O4S. The number of nitro benzene ring substituents is 1. The summed E-state index contributed by atoms with van der Waals surface area (Å²) in [6, 6.07) is 9.00. The lowest BCUT2D eigenvalue weighted by Crippen LogP contribution is -2.29. The Morgan fingerprint density at radius 2 is 1.94 bits per heavy atom. The third-order valence-corrected chi connectivity index (χ3v) is 6.20. The van der Waals surface area contributed by atoms with Crippen LogP contribution in [0.5, 0.6) is 11.5 Å². The number of ether oxygens (including phenoxy) is 2. The lowest BCUT2D eigenvalue weighted by Gasteiger charge is -2.21. The average molecular weight is 437 g/mol. The number of aryl methyl sites for hydroxylation is 2. The molecule has 158 valence electrons. The van der Waals surface area contributed by atoms with Crippen LogP contribution in [0.25, 0.3) is 0 Å². The van der Waals surface area contributed by atoms with Crippen molar-refractivity contribution in [1.82, 2.24) is 10.2 Å². The molecule has 0 fully saturated rings. The van der Waals surface area contributed by atoms with Crippen molar-refractivity contribution in [3.05, 3.63) is 67.7 Å². The van der Waals surface area contributed by atoms with Crippen LogP contribution in [0.3, 0.4) is 0 Å². The highest BCUT2D eigenvalue weighted by Crippen LogP contribution is 2.38. The van der Waals surface area contributed by atoms with Crippen molar-refractivity contribution < 1.29 is 14.4 Å². The van der Waals surface area contributed by atoms with Gasteiger partial charge in [-0.3, -0.25) is 10.1 Å². The Morgan fingerprint density at radius 3 is 2.61 bits per heavy atom. The molecule has 2 aliphatic heterocycles. The molecule has 0 bridgehead atoms. The SMILES string of the molecule is Cc1nnc(N2N=C(c3ccc([N+](=O)[O-])c(C)c3)c3cc4c(cc3CC2C)OCO4)s1. The van der Waals surface area contributed by atoms with Crippen molar-refractivity contribution in [3.63, 3.8) is 0 Å². The van der Waals surface area contributed by atoms with E-state index in [1.54, 1.807) is 19.1 Å². The zero-order valence-corrected chi connectivity index (χ0v) is 18.0. The number of hydrazone groups is 1. The number of hydrogen-bond donors (Lipinski definition) is 0. The van der Waals surface area contributed by atoms with E-state index in [-0.39, 0.29) is 23.4 Å². The van der Waals surface area contributed by atoms with Crippen LogP contribution in [-0.2, 0) is 6.42 Å². The maximum atomic E-state index is 11.3. The van der Waals surface area contributed by atoms with E-state index < -0.39 is 0 Å². The van der Waals surface area contributed by atoms with Crippen LogP contribution in [-0.4, -0.2) is 33.7 Å². The van der Waals surface area contributed by atoms with Crippen LogP contribution in [0.4, 0.5) is 10.8 Å². The van der Waals surface area contributed by atoms with E-state index in [4.69, 9.17) is 14.6 Å². The van der Waals surface area contributed by atoms with Gasteiger partial charge in [0.1, 0.15) is 5.01 Å². The van der Waals surface area contributed by atoms with Crippen LogP contribution >= 0.6 is 11.3 Å². The lowest BCUT2D eigenvalue weighted by atomic mass is 9.93. The highest BCUT2D eigenvalue weighted by molar-refractivity contribution is 7.15. The van der Waals surface area contributed by atoms with Gasteiger partial charge in [0.2, 0.25) is 11.9 Å². The first-order valence-electron chi connectivity index (χ1n) is 9.77. The maximum Gasteiger partial charge on any atom is 0.272 e. The largest absolute Gasteiger partial charge is 0.454 e. The van der Waals surface area contributed by atoms with Crippen molar-refractivity contribution in [1.29, 1.82) is 0 Å². The van der Waals surface area contributed by atoms with Gasteiger partial charge in [-0.2, -0.15) is 5.10 Å². The second-order valence-corrected chi connectivity index (χ2v) is 8.73. The molecular weight excluding hydrogens is 418 g/mol. The van der Waals surface area contributed by atoms with Gasteiger partial charge in [-0.25, -0.2) is 5.01 Å². The molecule has 31 heavy (non-hydrogen) atoms.